The lowest BCUT2D eigenvalue weighted by Crippen LogP contribution is -2.19. The summed E-state index contributed by atoms with van der Waals surface area (Å²) in [6.07, 6.45) is 4.81. The first-order valence-corrected chi connectivity index (χ1v) is 6.68. The minimum absolute atomic E-state index is 0.136. The molecule has 0 unspecified atom stereocenters. The Morgan fingerprint density at radius 3 is 3.00 bits per heavy atom. The predicted octanol–water partition coefficient (Wildman–Crippen LogP) is 3.21. The third-order valence-corrected chi connectivity index (χ3v) is 3.72. The zero-order chi connectivity index (χ0) is 13.1. The summed E-state index contributed by atoms with van der Waals surface area (Å²) in [6, 6.07) is 11.1. The monoisotopic (exact) mass is 256 g/mol. The number of hydrogen-bond acceptors (Lipinski definition) is 2. The molecule has 0 spiro atoms. The third kappa shape index (κ3) is 2.99. The van der Waals surface area contributed by atoms with Gasteiger partial charge in [0.25, 0.3) is 0 Å². The van der Waals surface area contributed by atoms with E-state index in [1.807, 2.05) is 18.3 Å². The number of aromatic nitrogens is 1. The molecule has 2 aromatic rings. The molecule has 2 heterocycles. The Bertz CT molecular complexity index is 541. The van der Waals surface area contributed by atoms with Crippen LogP contribution in [-0.4, -0.2) is 23.0 Å². The Kier molecular flexibility index (Phi) is 3.56. The van der Waals surface area contributed by atoms with Crippen LogP contribution in [0.4, 0.5) is 4.39 Å². The normalized spacial score (nSPS) is 19.7. The number of pyridine rings is 1. The SMILES string of the molecule is Fc1cccc([C@@H]2CCN(Cc3cccnc3)C2)c1. The van der Waals surface area contributed by atoms with Crippen molar-refractivity contribution in [3.8, 4) is 0 Å². The van der Waals surface area contributed by atoms with Crippen molar-refractivity contribution >= 4 is 0 Å². The van der Waals surface area contributed by atoms with Gasteiger partial charge in [-0.25, -0.2) is 4.39 Å². The van der Waals surface area contributed by atoms with Crippen LogP contribution in [0.2, 0.25) is 0 Å². The van der Waals surface area contributed by atoms with E-state index in [0.29, 0.717) is 5.92 Å². The van der Waals surface area contributed by atoms with Gasteiger partial charge in [0, 0.05) is 25.5 Å². The molecule has 0 saturated carbocycles. The highest BCUT2D eigenvalue weighted by atomic mass is 19.1. The average molecular weight is 256 g/mol. The van der Waals surface area contributed by atoms with E-state index in [9.17, 15) is 4.39 Å². The highest BCUT2D eigenvalue weighted by molar-refractivity contribution is 5.22. The maximum Gasteiger partial charge on any atom is 0.123 e. The van der Waals surface area contributed by atoms with E-state index in [1.165, 1.54) is 11.6 Å². The van der Waals surface area contributed by atoms with Gasteiger partial charge in [0.05, 0.1) is 0 Å². The van der Waals surface area contributed by atoms with E-state index >= 15 is 0 Å². The number of benzene rings is 1. The maximum absolute atomic E-state index is 13.2. The quantitative estimate of drug-likeness (QED) is 0.838. The van der Waals surface area contributed by atoms with Gasteiger partial charge in [-0.05, 0) is 48.2 Å². The summed E-state index contributed by atoms with van der Waals surface area (Å²) in [7, 11) is 0. The van der Waals surface area contributed by atoms with Crippen LogP contribution in [0.3, 0.4) is 0 Å². The first-order chi connectivity index (χ1) is 9.31. The summed E-state index contributed by atoms with van der Waals surface area (Å²) in [6.45, 7) is 2.99. The molecule has 1 aliphatic heterocycles. The molecule has 98 valence electrons. The summed E-state index contributed by atoms with van der Waals surface area (Å²) in [5.74, 6) is 0.315. The molecule has 0 N–H and O–H groups in total. The number of nitrogens with zero attached hydrogens (tertiary/aromatic N) is 2. The molecule has 0 aliphatic carbocycles. The Morgan fingerprint density at radius 1 is 1.26 bits per heavy atom. The molecular formula is C16H17FN2. The van der Waals surface area contributed by atoms with Gasteiger partial charge in [-0.1, -0.05) is 18.2 Å². The number of likely N-dealkylation sites (tertiary alicyclic amines) is 1. The van der Waals surface area contributed by atoms with Crippen LogP contribution in [0.5, 0.6) is 0 Å². The summed E-state index contributed by atoms with van der Waals surface area (Å²) in [5, 5.41) is 0. The molecule has 2 nitrogen and oxygen atoms in total. The van der Waals surface area contributed by atoms with Crippen molar-refractivity contribution < 1.29 is 4.39 Å². The fraction of sp³-hybridized carbons (Fsp3) is 0.312. The largest absolute Gasteiger partial charge is 0.298 e. The minimum atomic E-state index is -0.136. The van der Waals surface area contributed by atoms with Gasteiger partial charge in [0.15, 0.2) is 0 Å². The molecule has 0 amide bonds. The number of halogens is 1. The van der Waals surface area contributed by atoms with Gasteiger partial charge < -0.3 is 0 Å². The Hall–Kier alpha value is -1.74. The minimum Gasteiger partial charge on any atom is -0.298 e. The Balaban J connectivity index is 1.64. The molecule has 0 bridgehead atoms. The highest BCUT2D eigenvalue weighted by Gasteiger charge is 2.23. The molecule has 1 aliphatic rings. The van der Waals surface area contributed by atoms with Gasteiger partial charge in [0.2, 0.25) is 0 Å². The lowest BCUT2D eigenvalue weighted by Gasteiger charge is -2.16. The van der Waals surface area contributed by atoms with Crippen LogP contribution < -0.4 is 0 Å². The molecule has 1 saturated heterocycles. The van der Waals surface area contributed by atoms with Crippen molar-refractivity contribution in [1.29, 1.82) is 0 Å². The predicted molar refractivity (Wildman–Crippen MR) is 73.3 cm³/mol. The molecule has 0 radical (unpaired) electrons. The molecular weight excluding hydrogens is 239 g/mol. The van der Waals surface area contributed by atoms with Crippen molar-refractivity contribution in [3.63, 3.8) is 0 Å². The highest BCUT2D eigenvalue weighted by Crippen LogP contribution is 2.28. The summed E-state index contributed by atoms with van der Waals surface area (Å²) < 4.78 is 13.2. The van der Waals surface area contributed by atoms with Gasteiger partial charge in [-0.15, -0.1) is 0 Å². The molecule has 3 rings (SSSR count). The van der Waals surface area contributed by atoms with Crippen molar-refractivity contribution in [2.75, 3.05) is 13.1 Å². The molecule has 1 aromatic heterocycles. The second-order valence-corrected chi connectivity index (χ2v) is 5.14. The zero-order valence-electron chi connectivity index (χ0n) is 10.8. The van der Waals surface area contributed by atoms with Crippen LogP contribution in [0, 0.1) is 5.82 Å². The van der Waals surface area contributed by atoms with Crippen molar-refractivity contribution in [3.05, 3.63) is 65.7 Å². The Morgan fingerprint density at radius 2 is 2.21 bits per heavy atom. The standard InChI is InChI=1S/C16H17FN2/c17-16-5-1-4-14(9-16)15-6-8-19(12-15)11-13-3-2-7-18-10-13/h1-5,7,9-10,15H,6,8,11-12H2/t15-/m1/s1. The van der Waals surface area contributed by atoms with Crippen LogP contribution in [-0.2, 0) is 6.54 Å². The lowest BCUT2D eigenvalue weighted by atomic mass is 9.98. The molecule has 3 heteroatoms. The van der Waals surface area contributed by atoms with E-state index in [1.54, 1.807) is 18.3 Å². The van der Waals surface area contributed by atoms with Crippen LogP contribution >= 0.6 is 0 Å². The summed E-state index contributed by atoms with van der Waals surface area (Å²) >= 11 is 0. The van der Waals surface area contributed by atoms with Crippen molar-refractivity contribution in [1.82, 2.24) is 9.88 Å². The van der Waals surface area contributed by atoms with E-state index in [4.69, 9.17) is 0 Å². The molecule has 1 atom stereocenters. The van der Waals surface area contributed by atoms with Gasteiger partial charge >= 0.3 is 0 Å². The zero-order valence-corrected chi connectivity index (χ0v) is 10.8. The second kappa shape index (κ2) is 5.49. The van der Waals surface area contributed by atoms with Crippen molar-refractivity contribution in [2.24, 2.45) is 0 Å². The first kappa shape index (κ1) is 12.3. The van der Waals surface area contributed by atoms with E-state index in [-0.39, 0.29) is 5.82 Å². The third-order valence-electron chi connectivity index (χ3n) is 3.72. The van der Waals surface area contributed by atoms with E-state index in [0.717, 1.165) is 31.6 Å². The fourth-order valence-electron chi connectivity index (χ4n) is 2.76. The van der Waals surface area contributed by atoms with Gasteiger partial charge in [0.1, 0.15) is 5.82 Å². The lowest BCUT2D eigenvalue weighted by molar-refractivity contribution is 0.326. The van der Waals surface area contributed by atoms with Gasteiger partial charge in [-0.2, -0.15) is 0 Å². The molecule has 1 fully saturated rings. The van der Waals surface area contributed by atoms with Crippen LogP contribution in [0.1, 0.15) is 23.5 Å². The van der Waals surface area contributed by atoms with Crippen LogP contribution in [0.25, 0.3) is 0 Å². The topological polar surface area (TPSA) is 16.1 Å². The molecule has 19 heavy (non-hydrogen) atoms. The van der Waals surface area contributed by atoms with Crippen LogP contribution in [0.15, 0.2) is 48.8 Å². The maximum atomic E-state index is 13.2. The summed E-state index contributed by atoms with van der Waals surface area (Å²) in [4.78, 5) is 6.55. The van der Waals surface area contributed by atoms with E-state index in [2.05, 4.69) is 16.0 Å². The smallest absolute Gasteiger partial charge is 0.123 e. The number of hydrogen-bond donors (Lipinski definition) is 0. The van der Waals surface area contributed by atoms with Crippen molar-refractivity contribution in [2.45, 2.75) is 18.9 Å². The van der Waals surface area contributed by atoms with Gasteiger partial charge in [-0.3, -0.25) is 9.88 Å². The average Bonchev–Trinajstić information content (AvgIpc) is 2.88. The fourth-order valence-corrected chi connectivity index (χ4v) is 2.76. The number of rotatable bonds is 3. The van der Waals surface area contributed by atoms with E-state index < -0.39 is 0 Å². The Labute approximate surface area is 112 Å². The summed E-state index contributed by atoms with van der Waals surface area (Å²) in [5.41, 5.74) is 2.36. The second-order valence-electron chi connectivity index (χ2n) is 5.14. The molecule has 1 aromatic carbocycles. The first-order valence-electron chi connectivity index (χ1n) is 6.68.